The molecule has 172 valence electrons. The highest BCUT2D eigenvalue weighted by Crippen LogP contribution is 2.24. The van der Waals surface area contributed by atoms with Crippen LogP contribution in [0.5, 0.6) is 0 Å². The second kappa shape index (κ2) is 11.6. The number of amides is 2. The molecule has 1 aromatic heterocycles. The Morgan fingerprint density at radius 2 is 1.73 bits per heavy atom. The molecule has 0 aliphatic heterocycles. The molecule has 0 unspecified atom stereocenters. The molecule has 0 bridgehead atoms. The van der Waals surface area contributed by atoms with Gasteiger partial charge in [0, 0.05) is 33.0 Å². The van der Waals surface area contributed by atoms with Crippen molar-refractivity contribution in [2.75, 3.05) is 16.4 Å². The normalized spacial score (nSPS) is 10.7. The molecule has 33 heavy (non-hydrogen) atoms. The predicted octanol–water partition coefficient (Wildman–Crippen LogP) is 5.64. The van der Waals surface area contributed by atoms with Crippen LogP contribution in [0, 0.1) is 6.92 Å². The monoisotopic (exact) mass is 523 g/mol. The molecular weight excluding hydrogens is 505 g/mol. The predicted molar refractivity (Wildman–Crippen MR) is 135 cm³/mol. The number of rotatable bonds is 9. The van der Waals surface area contributed by atoms with Gasteiger partial charge in [-0.05, 0) is 42.8 Å². The number of hydrogen-bond acceptors (Lipinski definition) is 5. The van der Waals surface area contributed by atoms with Crippen LogP contribution in [-0.4, -0.2) is 32.3 Å². The van der Waals surface area contributed by atoms with E-state index < -0.39 is 0 Å². The summed E-state index contributed by atoms with van der Waals surface area (Å²) >= 11 is 19.2. The van der Waals surface area contributed by atoms with E-state index in [1.807, 2.05) is 13.0 Å². The summed E-state index contributed by atoms with van der Waals surface area (Å²) < 4.78 is 1.74. The Bertz CT molecular complexity index is 1180. The standard InChI is InChI=1S/C22H20Cl3N5O2S/c1-3-6-30-19(11-20(31)26-16-5-4-13(2)18(25)10-16)28-29-22(30)33-12-21(32)27-17-8-14(23)7-15(24)9-17/h3-5,7-10H,1,6,11-12H2,2H3,(H,26,31)(H,27,32). The fourth-order valence-corrected chi connectivity index (χ4v) is 4.31. The first kappa shape index (κ1) is 25.1. The molecule has 3 aromatic rings. The summed E-state index contributed by atoms with van der Waals surface area (Å²) in [5.74, 6) is 0.00457. The summed E-state index contributed by atoms with van der Waals surface area (Å²) in [6.45, 7) is 6.02. The molecule has 0 aliphatic rings. The molecule has 11 heteroatoms. The first-order valence-corrected chi connectivity index (χ1v) is 11.8. The van der Waals surface area contributed by atoms with Crippen molar-refractivity contribution in [1.82, 2.24) is 14.8 Å². The van der Waals surface area contributed by atoms with Crippen LogP contribution in [0.15, 0.2) is 54.2 Å². The summed E-state index contributed by atoms with van der Waals surface area (Å²) in [4.78, 5) is 24.9. The van der Waals surface area contributed by atoms with Crippen molar-refractivity contribution in [3.63, 3.8) is 0 Å². The number of nitrogens with one attached hydrogen (secondary N) is 2. The third kappa shape index (κ3) is 7.23. The average molecular weight is 525 g/mol. The van der Waals surface area contributed by atoms with Crippen LogP contribution in [0.4, 0.5) is 11.4 Å². The fourth-order valence-electron chi connectivity index (χ4n) is 2.84. The van der Waals surface area contributed by atoms with Crippen molar-refractivity contribution in [3.8, 4) is 0 Å². The van der Waals surface area contributed by atoms with Gasteiger partial charge in [0.15, 0.2) is 5.16 Å². The molecule has 3 rings (SSSR count). The first-order chi connectivity index (χ1) is 15.7. The molecule has 0 aliphatic carbocycles. The molecule has 0 saturated heterocycles. The van der Waals surface area contributed by atoms with E-state index in [4.69, 9.17) is 34.8 Å². The number of aromatic nitrogens is 3. The Morgan fingerprint density at radius 1 is 1.03 bits per heavy atom. The van der Waals surface area contributed by atoms with E-state index in [0.29, 0.717) is 44.0 Å². The Kier molecular flexibility index (Phi) is 8.80. The molecule has 2 aromatic carbocycles. The summed E-state index contributed by atoms with van der Waals surface area (Å²) in [6, 6.07) is 10.1. The lowest BCUT2D eigenvalue weighted by atomic mass is 10.2. The number of aryl methyl sites for hydroxylation is 1. The number of halogens is 3. The van der Waals surface area contributed by atoms with Gasteiger partial charge >= 0.3 is 0 Å². The zero-order chi connectivity index (χ0) is 24.0. The summed E-state index contributed by atoms with van der Waals surface area (Å²) in [7, 11) is 0. The maximum Gasteiger partial charge on any atom is 0.234 e. The Balaban J connectivity index is 1.63. The number of benzene rings is 2. The lowest BCUT2D eigenvalue weighted by Gasteiger charge is -2.09. The van der Waals surface area contributed by atoms with E-state index in [2.05, 4.69) is 27.4 Å². The zero-order valence-electron chi connectivity index (χ0n) is 17.6. The number of hydrogen-bond donors (Lipinski definition) is 2. The van der Waals surface area contributed by atoms with Gasteiger partial charge in [-0.15, -0.1) is 16.8 Å². The van der Waals surface area contributed by atoms with Crippen LogP contribution in [0.3, 0.4) is 0 Å². The van der Waals surface area contributed by atoms with Crippen molar-refractivity contribution >= 4 is 69.8 Å². The number of carbonyl (C=O) groups is 2. The minimum Gasteiger partial charge on any atom is -0.326 e. The Labute approximate surface area is 210 Å². The van der Waals surface area contributed by atoms with Gasteiger partial charge in [0.05, 0.1) is 12.2 Å². The van der Waals surface area contributed by atoms with Crippen LogP contribution in [0.25, 0.3) is 0 Å². The van der Waals surface area contributed by atoms with Gasteiger partial charge in [-0.3, -0.25) is 9.59 Å². The molecule has 2 N–H and O–H groups in total. The number of thioether (sulfide) groups is 1. The minimum absolute atomic E-state index is 0.000105. The summed E-state index contributed by atoms with van der Waals surface area (Å²) in [5.41, 5.74) is 2.02. The molecular formula is C22H20Cl3N5O2S. The number of anilines is 2. The highest BCUT2D eigenvalue weighted by molar-refractivity contribution is 7.99. The van der Waals surface area contributed by atoms with Gasteiger partial charge in [0.1, 0.15) is 5.82 Å². The Morgan fingerprint density at radius 3 is 2.39 bits per heavy atom. The van der Waals surface area contributed by atoms with Crippen LogP contribution in [0.1, 0.15) is 11.4 Å². The summed E-state index contributed by atoms with van der Waals surface area (Å²) in [5, 5.41) is 15.7. The number of nitrogens with zero attached hydrogens (tertiary/aromatic N) is 3. The lowest BCUT2D eigenvalue weighted by molar-refractivity contribution is -0.116. The van der Waals surface area contributed by atoms with Crippen LogP contribution < -0.4 is 10.6 Å². The lowest BCUT2D eigenvalue weighted by Crippen LogP contribution is -2.18. The van der Waals surface area contributed by atoms with E-state index in [9.17, 15) is 9.59 Å². The van der Waals surface area contributed by atoms with Gasteiger partial charge in [0.25, 0.3) is 0 Å². The first-order valence-electron chi connectivity index (χ1n) is 9.73. The topological polar surface area (TPSA) is 88.9 Å². The average Bonchev–Trinajstić information content (AvgIpc) is 3.10. The van der Waals surface area contributed by atoms with Gasteiger partial charge in [-0.1, -0.05) is 58.7 Å². The smallest absolute Gasteiger partial charge is 0.234 e. The number of allylic oxidation sites excluding steroid dienone is 1. The van der Waals surface area contributed by atoms with Gasteiger partial charge in [-0.2, -0.15) is 0 Å². The summed E-state index contributed by atoms with van der Waals surface area (Å²) in [6.07, 6.45) is 1.67. The maximum atomic E-state index is 12.5. The second-order valence-electron chi connectivity index (χ2n) is 6.98. The quantitative estimate of drug-likeness (QED) is 0.279. The highest BCUT2D eigenvalue weighted by Gasteiger charge is 2.17. The van der Waals surface area contributed by atoms with E-state index in [1.165, 1.54) is 11.8 Å². The molecule has 7 nitrogen and oxygen atoms in total. The molecule has 2 amide bonds. The molecule has 0 radical (unpaired) electrons. The van der Waals surface area contributed by atoms with Crippen molar-refractivity contribution in [2.45, 2.75) is 25.0 Å². The third-order valence-corrected chi connectivity index (χ3v) is 6.17. The second-order valence-corrected chi connectivity index (χ2v) is 9.20. The van der Waals surface area contributed by atoms with Crippen molar-refractivity contribution in [3.05, 3.63) is 75.5 Å². The van der Waals surface area contributed by atoms with Gasteiger partial charge in [-0.25, -0.2) is 0 Å². The van der Waals surface area contributed by atoms with Crippen LogP contribution in [-0.2, 0) is 22.6 Å². The van der Waals surface area contributed by atoms with Crippen LogP contribution >= 0.6 is 46.6 Å². The Hall–Kier alpha value is -2.52. The van der Waals surface area contributed by atoms with Crippen molar-refractivity contribution < 1.29 is 9.59 Å². The van der Waals surface area contributed by atoms with E-state index >= 15 is 0 Å². The maximum absolute atomic E-state index is 12.5. The largest absolute Gasteiger partial charge is 0.326 e. The van der Waals surface area contributed by atoms with E-state index in [1.54, 1.807) is 41.0 Å². The van der Waals surface area contributed by atoms with E-state index in [-0.39, 0.29) is 24.0 Å². The molecule has 0 fully saturated rings. The molecule has 1 heterocycles. The molecule has 0 atom stereocenters. The fraction of sp³-hybridized carbons (Fsp3) is 0.182. The zero-order valence-corrected chi connectivity index (χ0v) is 20.7. The third-order valence-electron chi connectivity index (χ3n) is 4.36. The van der Waals surface area contributed by atoms with Crippen molar-refractivity contribution in [2.24, 2.45) is 0 Å². The van der Waals surface area contributed by atoms with Gasteiger partial charge in [0.2, 0.25) is 11.8 Å². The van der Waals surface area contributed by atoms with E-state index in [0.717, 1.165) is 5.56 Å². The minimum atomic E-state index is -0.264. The van der Waals surface area contributed by atoms with Gasteiger partial charge < -0.3 is 15.2 Å². The molecule has 0 spiro atoms. The SMILES string of the molecule is C=CCn1c(CC(=O)Nc2ccc(C)c(Cl)c2)nnc1SCC(=O)Nc1cc(Cl)cc(Cl)c1. The highest BCUT2D eigenvalue weighted by atomic mass is 35.5. The van der Waals surface area contributed by atoms with Crippen molar-refractivity contribution in [1.29, 1.82) is 0 Å². The van der Waals surface area contributed by atoms with Crippen LogP contribution in [0.2, 0.25) is 15.1 Å². The molecule has 0 saturated carbocycles. The number of carbonyl (C=O) groups excluding carboxylic acids is 2.